The summed E-state index contributed by atoms with van der Waals surface area (Å²) in [5.41, 5.74) is 4.46. The highest BCUT2D eigenvalue weighted by molar-refractivity contribution is 5.55. The maximum Gasteiger partial charge on any atom is 0.0995 e. The Bertz CT molecular complexity index is 1000. The molecule has 0 bridgehead atoms. The molecule has 0 radical (unpaired) electrons. The summed E-state index contributed by atoms with van der Waals surface area (Å²) in [7, 11) is 0. The third kappa shape index (κ3) is 2.72. The van der Waals surface area contributed by atoms with Crippen LogP contribution in [-0.2, 0) is 10.8 Å². The fourth-order valence-corrected chi connectivity index (χ4v) is 4.01. The Labute approximate surface area is 148 Å². The molecule has 4 heteroatoms. The van der Waals surface area contributed by atoms with Gasteiger partial charge in [-0.15, -0.1) is 0 Å². The Hall–Kier alpha value is -2.62. The number of fused-ring (bicyclic) bond motifs is 2. The van der Waals surface area contributed by atoms with Gasteiger partial charge in [-0.2, -0.15) is 5.10 Å². The van der Waals surface area contributed by atoms with Crippen LogP contribution in [0.1, 0.15) is 45.5 Å². The monoisotopic (exact) mass is 332 g/mol. The first kappa shape index (κ1) is 15.9. The molecule has 0 aliphatic heterocycles. The average Bonchev–Trinajstić information content (AvgIpc) is 3.18. The summed E-state index contributed by atoms with van der Waals surface area (Å²) in [5.74, 6) is 0. The van der Waals surface area contributed by atoms with Crippen LogP contribution in [0.4, 0.5) is 0 Å². The molecule has 0 spiro atoms. The molecule has 128 valence electrons. The predicted molar refractivity (Wildman–Crippen MR) is 101 cm³/mol. The van der Waals surface area contributed by atoms with Crippen molar-refractivity contribution in [3.63, 3.8) is 0 Å². The van der Waals surface area contributed by atoms with E-state index in [9.17, 15) is 0 Å². The molecule has 0 aliphatic rings. The minimum Gasteiger partial charge on any atom is -0.306 e. The van der Waals surface area contributed by atoms with Gasteiger partial charge in [0.15, 0.2) is 0 Å². The zero-order valence-corrected chi connectivity index (χ0v) is 15.3. The summed E-state index contributed by atoms with van der Waals surface area (Å²) < 4.78 is 4.05. The van der Waals surface area contributed by atoms with Crippen LogP contribution in [0.2, 0.25) is 0 Å². The van der Waals surface area contributed by atoms with E-state index in [0.717, 1.165) is 23.3 Å². The number of nitrogens with zero attached hydrogens (tertiary/aromatic N) is 4. The number of hydrogen-bond donors (Lipinski definition) is 0. The van der Waals surface area contributed by atoms with Crippen LogP contribution in [0, 0.1) is 0 Å². The van der Waals surface area contributed by atoms with Crippen LogP contribution >= 0.6 is 0 Å². The van der Waals surface area contributed by atoms with E-state index in [2.05, 4.69) is 68.6 Å². The van der Waals surface area contributed by atoms with Crippen molar-refractivity contribution in [3.05, 3.63) is 72.6 Å². The van der Waals surface area contributed by atoms with Gasteiger partial charge in [-0.3, -0.25) is 0 Å². The molecule has 0 atom stereocenters. The summed E-state index contributed by atoms with van der Waals surface area (Å²) in [6.07, 6.45) is 6.92. The molecular weight excluding hydrogens is 308 g/mol. The van der Waals surface area contributed by atoms with Crippen molar-refractivity contribution in [1.82, 2.24) is 19.0 Å². The zero-order chi connectivity index (χ0) is 17.7. The summed E-state index contributed by atoms with van der Waals surface area (Å²) in [6, 6.07) is 14.6. The normalized spacial score (nSPS) is 13.0. The minimum atomic E-state index is -0.0601. The van der Waals surface area contributed by atoms with Crippen molar-refractivity contribution in [3.8, 4) is 0 Å². The van der Waals surface area contributed by atoms with E-state index in [0.29, 0.717) is 0 Å². The topological polar surface area (TPSA) is 34.6 Å². The molecule has 0 unspecified atom stereocenters. The molecule has 0 amide bonds. The second kappa shape index (κ2) is 5.45. The van der Waals surface area contributed by atoms with Crippen LogP contribution in [0.25, 0.3) is 11.0 Å². The predicted octanol–water partition coefficient (Wildman–Crippen LogP) is 4.63. The molecule has 4 nitrogen and oxygen atoms in total. The van der Waals surface area contributed by atoms with E-state index in [4.69, 9.17) is 10.1 Å². The van der Waals surface area contributed by atoms with Gasteiger partial charge in [0.05, 0.1) is 28.7 Å². The van der Waals surface area contributed by atoms with Crippen molar-refractivity contribution in [2.45, 2.75) is 44.9 Å². The molecule has 0 N–H and O–H groups in total. The molecular formula is C21H24N4. The van der Waals surface area contributed by atoms with Crippen molar-refractivity contribution >= 4 is 11.0 Å². The molecule has 0 fully saturated rings. The highest BCUT2D eigenvalue weighted by atomic mass is 15.2. The maximum absolute atomic E-state index is 4.80. The summed E-state index contributed by atoms with van der Waals surface area (Å²) in [4.78, 5) is 4.72. The number of hydrogen-bond acceptors (Lipinski definition) is 2. The van der Waals surface area contributed by atoms with E-state index >= 15 is 0 Å². The number of imidazole rings is 1. The molecule has 4 aromatic rings. The van der Waals surface area contributed by atoms with Crippen LogP contribution in [0.3, 0.4) is 0 Å². The molecule has 0 saturated heterocycles. The van der Waals surface area contributed by atoms with E-state index in [1.54, 1.807) is 0 Å². The third-order valence-corrected chi connectivity index (χ3v) is 5.03. The van der Waals surface area contributed by atoms with E-state index in [1.165, 1.54) is 5.52 Å². The van der Waals surface area contributed by atoms with Gasteiger partial charge in [0, 0.05) is 23.2 Å². The van der Waals surface area contributed by atoms with E-state index in [-0.39, 0.29) is 10.8 Å². The number of pyridine rings is 2. The van der Waals surface area contributed by atoms with Gasteiger partial charge in [-0.25, -0.2) is 9.50 Å². The SMILES string of the molecule is CC(C)(CC(C)(C)c1ncn2ccccc12)c1cc2ccccn2n1. The largest absolute Gasteiger partial charge is 0.306 e. The van der Waals surface area contributed by atoms with Crippen LogP contribution in [-0.4, -0.2) is 19.0 Å². The number of aromatic nitrogens is 4. The Kier molecular flexibility index (Phi) is 3.46. The molecule has 4 rings (SSSR count). The first-order valence-electron chi connectivity index (χ1n) is 8.74. The second-order valence-corrected chi connectivity index (χ2v) is 8.13. The zero-order valence-electron chi connectivity index (χ0n) is 15.3. The Morgan fingerprint density at radius 2 is 1.68 bits per heavy atom. The van der Waals surface area contributed by atoms with Gasteiger partial charge in [0.25, 0.3) is 0 Å². The van der Waals surface area contributed by atoms with Crippen molar-refractivity contribution in [2.75, 3.05) is 0 Å². The molecule has 0 saturated carbocycles. The Morgan fingerprint density at radius 3 is 2.48 bits per heavy atom. The van der Waals surface area contributed by atoms with E-state index in [1.807, 2.05) is 29.2 Å². The van der Waals surface area contributed by atoms with Crippen LogP contribution < -0.4 is 0 Å². The smallest absolute Gasteiger partial charge is 0.0995 e. The molecule has 0 aromatic carbocycles. The van der Waals surface area contributed by atoms with Crippen molar-refractivity contribution in [2.24, 2.45) is 0 Å². The average molecular weight is 332 g/mol. The minimum absolute atomic E-state index is 0.0553. The maximum atomic E-state index is 4.80. The highest BCUT2D eigenvalue weighted by Crippen LogP contribution is 2.39. The lowest BCUT2D eigenvalue weighted by molar-refractivity contribution is 0.338. The lowest BCUT2D eigenvalue weighted by Gasteiger charge is -2.33. The quantitative estimate of drug-likeness (QED) is 0.546. The van der Waals surface area contributed by atoms with Gasteiger partial charge in [0.2, 0.25) is 0 Å². The molecule has 0 aliphatic carbocycles. The van der Waals surface area contributed by atoms with Crippen LogP contribution in [0.5, 0.6) is 0 Å². The van der Waals surface area contributed by atoms with Crippen molar-refractivity contribution in [1.29, 1.82) is 0 Å². The second-order valence-electron chi connectivity index (χ2n) is 8.13. The Morgan fingerprint density at radius 1 is 0.920 bits per heavy atom. The van der Waals surface area contributed by atoms with Gasteiger partial charge >= 0.3 is 0 Å². The highest BCUT2D eigenvalue weighted by Gasteiger charge is 2.35. The lowest BCUT2D eigenvalue weighted by Crippen LogP contribution is -2.30. The fraction of sp³-hybridized carbons (Fsp3) is 0.333. The van der Waals surface area contributed by atoms with Gasteiger partial charge < -0.3 is 4.40 Å². The third-order valence-electron chi connectivity index (χ3n) is 5.03. The number of rotatable bonds is 4. The van der Waals surface area contributed by atoms with Crippen LogP contribution in [0.15, 0.2) is 61.2 Å². The standard InChI is InChI=1S/C21H24N4/c1-20(2,18-13-16-9-5-8-12-25(16)23-18)14-21(3,4)19-17-10-6-7-11-24(17)15-22-19/h5-13,15H,14H2,1-4H3. The first-order chi connectivity index (χ1) is 11.9. The summed E-state index contributed by atoms with van der Waals surface area (Å²) >= 11 is 0. The van der Waals surface area contributed by atoms with Crippen molar-refractivity contribution < 1.29 is 0 Å². The van der Waals surface area contributed by atoms with Gasteiger partial charge in [-0.1, -0.05) is 39.8 Å². The van der Waals surface area contributed by atoms with E-state index < -0.39 is 0 Å². The lowest BCUT2D eigenvalue weighted by atomic mass is 9.71. The fourth-order valence-electron chi connectivity index (χ4n) is 4.01. The van der Waals surface area contributed by atoms with Gasteiger partial charge in [0.1, 0.15) is 0 Å². The molecule has 4 heterocycles. The molecule has 25 heavy (non-hydrogen) atoms. The summed E-state index contributed by atoms with van der Waals surface area (Å²) in [5, 5.41) is 4.80. The Balaban J connectivity index is 1.71. The molecule has 4 aromatic heterocycles. The van der Waals surface area contributed by atoms with Gasteiger partial charge in [-0.05, 0) is 36.8 Å². The first-order valence-corrected chi connectivity index (χ1v) is 8.74. The summed E-state index contributed by atoms with van der Waals surface area (Å²) in [6.45, 7) is 9.10.